The van der Waals surface area contributed by atoms with Crippen molar-refractivity contribution in [2.24, 2.45) is 0 Å². The molecule has 39 heavy (non-hydrogen) atoms. The third-order valence-corrected chi connectivity index (χ3v) is 8.27. The largest absolute Gasteiger partial charge is 0.508 e. The number of nitrogens with one attached hydrogen (secondary N) is 1. The molecule has 1 aromatic heterocycles. The highest BCUT2D eigenvalue weighted by Gasteiger charge is 2.49. The van der Waals surface area contributed by atoms with Crippen molar-refractivity contribution in [3.8, 4) is 11.5 Å². The van der Waals surface area contributed by atoms with E-state index in [9.17, 15) is 5.11 Å². The molecule has 2 N–H and O–H groups in total. The molecule has 6 aromatic rings. The van der Waals surface area contributed by atoms with E-state index >= 15 is 0 Å². The zero-order valence-corrected chi connectivity index (χ0v) is 22.0. The van der Waals surface area contributed by atoms with Crippen LogP contribution in [0, 0.1) is 6.92 Å². The second-order valence-electron chi connectivity index (χ2n) is 10.4. The first-order chi connectivity index (χ1) is 19.1. The highest BCUT2D eigenvalue weighted by atomic mass is 16.5. The second-order valence-corrected chi connectivity index (χ2v) is 10.4. The van der Waals surface area contributed by atoms with E-state index in [0.717, 1.165) is 28.0 Å². The molecule has 3 heteroatoms. The van der Waals surface area contributed by atoms with E-state index in [2.05, 4.69) is 109 Å². The Morgan fingerprint density at radius 3 is 2.05 bits per heavy atom. The smallest absolute Gasteiger partial charge is 0.118 e. The van der Waals surface area contributed by atoms with Crippen LogP contribution in [0.5, 0.6) is 11.5 Å². The van der Waals surface area contributed by atoms with Crippen LogP contribution in [-0.4, -0.2) is 17.2 Å². The lowest BCUT2D eigenvalue weighted by atomic mass is 9.58. The number of aromatic amines is 1. The maximum absolute atomic E-state index is 10.9. The summed E-state index contributed by atoms with van der Waals surface area (Å²) >= 11 is 0. The monoisotopic (exact) mass is 507 g/mol. The van der Waals surface area contributed by atoms with Crippen molar-refractivity contribution in [2.75, 3.05) is 7.11 Å². The van der Waals surface area contributed by atoms with Gasteiger partial charge in [-0.3, -0.25) is 0 Å². The quantitative estimate of drug-likeness (QED) is 0.253. The lowest BCUT2D eigenvalue weighted by molar-refractivity contribution is 0.414. The van der Waals surface area contributed by atoms with Crippen LogP contribution >= 0.6 is 0 Å². The highest BCUT2D eigenvalue weighted by molar-refractivity contribution is 5.90. The Morgan fingerprint density at radius 1 is 0.744 bits per heavy atom. The minimum atomic E-state index is -0.600. The Bertz CT molecular complexity index is 1760. The minimum Gasteiger partial charge on any atom is -0.508 e. The van der Waals surface area contributed by atoms with Crippen molar-refractivity contribution < 1.29 is 9.84 Å². The van der Waals surface area contributed by atoms with Gasteiger partial charge in [0.05, 0.1) is 12.5 Å². The maximum atomic E-state index is 10.9. The molecular formula is C36H29NO2. The van der Waals surface area contributed by atoms with E-state index in [-0.39, 0.29) is 11.7 Å². The standard InChI is InChI=1S/C36H29NO2/c1-23-13-20-32-30(21-23)34-33(24-14-17-28(39-2)18-15-24)29-22-27(38)16-19-31(29)36(35(34)37-32,25-9-5-3-6-10-25)26-11-7-4-8-12-26/h3-22,33,37-38H,1-2H3. The third kappa shape index (κ3) is 3.43. The molecule has 0 saturated heterocycles. The molecule has 0 aliphatic heterocycles. The van der Waals surface area contributed by atoms with Gasteiger partial charge in [-0.05, 0) is 76.7 Å². The van der Waals surface area contributed by atoms with E-state index in [1.54, 1.807) is 7.11 Å². The van der Waals surface area contributed by atoms with Crippen LogP contribution in [0.4, 0.5) is 0 Å². The highest BCUT2D eigenvalue weighted by Crippen LogP contribution is 2.57. The molecule has 190 valence electrons. The number of aryl methyl sites for hydroxylation is 1. The van der Waals surface area contributed by atoms with Crippen molar-refractivity contribution in [3.63, 3.8) is 0 Å². The number of benzene rings is 5. The van der Waals surface area contributed by atoms with E-state index in [0.29, 0.717) is 0 Å². The topological polar surface area (TPSA) is 45.2 Å². The number of hydrogen-bond donors (Lipinski definition) is 2. The molecule has 7 rings (SSSR count). The van der Waals surface area contributed by atoms with Gasteiger partial charge >= 0.3 is 0 Å². The summed E-state index contributed by atoms with van der Waals surface area (Å²) in [6, 6.07) is 42.3. The molecule has 1 aliphatic rings. The number of aromatic nitrogens is 1. The van der Waals surface area contributed by atoms with Crippen LogP contribution in [0.25, 0.3) is 10.9 Å². The lowest BCUT2D eigenvalue weighted by Gasteiger charge is -2.43. The second kappa shape index (κ2) is 8.92. The number of H-pyrrole nitrogens is 1. The first kappa shape index (κ1) is 23.4. The summed E-state index contributed by atoms with van der Waals surface area (Å²) in [4.78, 5) is 3.92. The first-order valence-electron chi connectivity index (χ1n) is 13.3. The Morgan fingerprint density at radius 2 is 1.41 bits per heavy atom. The summed E-state index contributed by atoms with van der Waals surface area (Å²) < 4.78 is 5.49. The fourth-order valence-electron chi connectivity index (χ4n) is 6.63. The summed E-state index contributed by atoms with van der Waals surface area (Å²) in [5.74, 6) is 1.01. The number of ether oxygens (including phenoxy) is 1. The van der Waals surface area contributed by atoms with Gasteiger partial charge in [0, 0.05) is 22.5 Å². The molecule has 0 saturated carbocycles. The van der Waals surface area contributed by atoms with Gasteiger partial charge in [0.15, 0.2) is 0 Å². The Balaban J connectivity index is 1.68. The van der Waals surface area contributed by atoms with E-state index < -0.39 is 5.41 Å². The molecule has 1 atom stereocenters. The fraction of sp³-hybridized carbons (Fsp3) is 0.111. The van der Waals surface area contributed by atoms with Gasteiger partial charge < -0.3 is 14.8 Å². The van der Waals surface area contributed by atoms with Crippen molar-refractivity contribution in [1.29, 1.82) is 0 Å². The molecule has 0 amide bonds. The molecular weight excluding hydrogens is 478 g/mol. The summed E-state index contributed by atoms with van der Waals surface area (Å²) in [5.41, 5.74) is 9.91. The van der Waals surface area contributed by atoms with Crippen molar-refractivity contribution >= 4 is 10.9 Å². The molecule has 0 bridgehead atoms. The molecule has 1 aliphatic carbocycles. The molecule has 0 radical (unpaired) electrons. The van der Waals surface area contributed by atoms with E-state index in [1.165, 1.54) is 33.3 Å². The number of hydrogen-bond acceptors (Lipinski definition) is 2. The number of methoxy groups -OCH3 is 1. The number of aromatic hydroxyl groups is 1. The van der Waals surface area contributed by atoms with E-state index in [1.807, 2.05) is 24.3 Å². The molecule has 5 aromatic carbocycles. The van der Waals surface area contributed by atoms with Gasteiger partial charge in [0.25, 0.3) is 0 Å². The minimum absolute atomic E-state index is 0.0795. The Hall–Kier alpha value is -4.76. The van der Waals surface area contributed by atoms with Gasteiger partial charge in [-0.25, -0.2) is 0 Å². The average Bonchev–Trinajstić information content (AvgIpc) is 3.35. The molecule has 0 fully saturated rings. The number of fused-ring (bicyclic) bond motifs is 4. The number of phenolic OH excluding ortho intramolecular Hbond substituents is 1. The zero-order chi connectivity index (χ0) is 26.6. The Labute approximate surface area is 228 Å². The van der Waals surface area contributed by atoms with Crippen LogP contribution in [0.1, 0.15) is 50.6 Å². The van der Waals surface area contributed by atoms with Crippen LogP contribution in [-0.2, 0) is 5.41 Å². The first-order valence-corrected chi connectivity index (χ1v) is 13.3. The summed E-state index contributed by atoms with van der Waals surface area (Å²) in [5, 5.41) is 12.1. The molecule has 1 unspecified atom stereocenters. The lowest BCUT2D eigenvalue weighted by Crippen LogP contribution is -2.37. The molecule has 3 nitrogen and oxygen atoms in total. The summed E-state index contributed by atoms with van der Waals surface area (Å²) in [6.07, 6.45) is 0. The Kier molecular flexibility index (Phi) is 5.34. The van der Waals surface area contributed by atoms with Gasteiger partial charge in [-0.15, -0.1) is 0 Å². The molecule has 0 spiro atoms. The number of phenols is 1. The predicted octanol–water partition coefficient (Wildman–Crippen LogP) is 8.07. The SMILES string of the molecule is COc1ccc(C2c3cc(O)ccc3C(c3ccccc3)(c3ccccc3)c3[nH]c4ccc(C)cc4c32)cc1. The van der Waals surface area contributed by atoms with Crippen LogP contribution in [0.2, 0.25) is 0 Å². The van der Waals surface area contributed by atoms with Crippen molar-refractivity contribution in [1.82, 2.24) is 4.98 Å². The van der Waals surface area contributed by atoms with Crippen molar-refractivity contribution in [2.45, 2.75) is 18.3 Å². The number of rotatable bonds is 4. The average molecular weight is 508 g/mol. The summed E-state index contributed by atoms with van der Waals surface area (Å²) in [7, 11) is 1.69. The normalized spacial score (nSPS) is 15.5. The van der Waals surface area contributed by atoms with Gasteiger partial charge in [-0.1, -0.05) is 90.5 Å². The van der Waals surface area contributed by atoms with Crippen LogP contribution in [0.15, 0.2) is 121 Å². The van der Waals surface area contributed by atoms with Crippen LogP contribution in [0.3, 0.4) is 0 Å². The third-order valence-electron chi connectivity index (χ3n) is 8.27. The van der Waals surface area contributed by atoms with E-state index in [4.69, 9.17) is 4.74 Å². The van der Waals surface area contributed by atoms with Gasteiger partial charge in [0.2, 0.25) is 0 Å². The van der Waals surface area contributed by atoms with Crippen molar-refractivity contribution in [3.05, 3.63) is 166 Å². The summed E-state index contributed by atoms with van der Waals surface area (Å²) in [6.45, 7) is 2.14. The molecule has 1 heterocycles. The van der Waals surface area contributed by atoms with Gasteiger partial charge in [-0.2, -0.15) is 0 Å². The predicted molar refractivity (Wildman–Crippen MR) is 157 cm³/mol. The zero-order valence-electron chi connectivity index (χ0n) is 22.0. The van der Waals surface area contributed by atoms with Gasteiger partial charge in [0.1, 0.15) is 11.5 Å². The van der Waals surface area contributed by atoms with Crippen LogP contribution < -0.4 is 4.74 Å². The maximum Gasteiger partial charge on any atom is 0.118 e. The fourth-order valence-corrected chi connectivity index (χ4v) is 6.63.